The average Bonchev–Trinajstić information content (AvgIpc) is 2.96. The second kappa shape index (κ2) is 7.19. The van der Waals surface area contributed by atoms with Crippen LogP contribution in [0.5, 0.6) is 0 Å². The number of benzene rings is 1. The lowest BCUT2D eigenvalue weighted by Crippen LogP contribution is -2.18. The van der Waals surface area contributed by atoms with Crippen molar-refractivity contribution in [2.24, 2.45) is 5.10 Å². The molecule has 21 heavy (non-hydrogen) atoms. The van der Waals surface area contributed by atoms with Crippen molar-refractivity contribution < 1.29 is 4.79 Å². The SMILES string of the molecule is CCn1cc(C=NNC(=O)C(C)=Cc2ccccc2)cn1. The fourth-order valence-corrected chi connectivity index (χ4v) is 1.74. The fourth-order valence-electron chi connectivity index (χ4n) is 1.74. The van der Waals surface area contributed by atoms with Crippen LogP contribution in [0.1, 0.15) is 25.0 Å². The first-order chi connectivity index (χ1) is 10.2. The summed E-state index contributed by atoms with van der Waals surface area (Å²) in [6.07, 6.45) is 6.96. The van der Waals surface area contributed by atoms with Crippen LogP contribution in [0.3, 0.4) is 0 Å². The number of hydrogen-bond acceptors (Lipinski definition) is 3. The van der Waals surface area contributed by atoms with Gasteiger partial charge in [-0.25, -0.2) is 5.43 Å². The molecular weight excluding hydrogens is 264 g/mol. The van der Waals surface area contributed by atoms with E-state index in [1.165, 1.54) is 0 Å². The van der Waals surface area contributed by atoms with Crippen LogP contribution >= 0.6 is 0 Å². The Bertz CT molecular complexity index is 656. The Kier molecular flexibility index (Phi) is 5.04. The quantitative estimate of drug-likeness (QED) is 0.520. The maximum absolute atomic E-state index is 11.9. The molecule has 1 aromatic carbocycles. The van der Waals surface area contributed by atoms with Gasteiger partial charge in [-0.1, -0.05) is 30.3 Å². The van der Waals surface area contributed by atoms with E-state index >= 15 is 0 Å². The number of aryl methyl sites for hydroxylation is 1. The number of amides is 1. The van der Waals surface area contributed by atoms with E-state index in [4.69, 9.17) is 0 Å². The predicted molar refractivity (Wildman–Crippen MR) is 83.7 cm³/mol. The molecule has 2 rings (SSSR count). The minimum Gasteiger partial charge on any atom is -0.272 e. The van der Waals surface area contributed by atoms with Crippen molar-refractivity contribution in [3.8, 4) is 0 Å². The largest absolute Gasteiger partial charge is 0.272 e. The lowest BCUT2D eigenvalue weighted by Gasteiger charge is -1.99. The Hall–Kier alpha value is -2.69. The predicted octanol–water partition coefficient (Wildman–Crippen LogP) is 2.46. The standard InChI is InChI=1S/C16H18N4O/c1-3-20-12-15(11-18-20)10-17-19-16(21)13(2)9-14-7-5-4-6-8-14/h4-12H,3H2,1-2H3,(H,19,21). The Balaban J connectivity index is 1.93. The van der Waals surface area contributed by atoms with Crippen molar-refractivity contribution in [2.75, 3.05) is 0 Å². The molecule has 1 heterocycles. The van der Waals surface area contributed by atoms with E-state index < -0.39 is 0 Å². The van der Waals surface area contributed by atoms with Crippen molar-refractivity contribution in [3.05, 3.63) is 59.4 Å². The summed E-state index contributed by atoms with van der Waals surface area (Å²) in [6.45, 7) is 4.57. The summed E-state index contributed by atoms with van der Waals surface area (Å²) in [7, 11) is 0. The van der Waals surface area contributed by atoms with Gasteiger partial charge in [-0.2, -0.15) is 10.2 Å². The highest BCUT2D eigenvalue weighted by molar-refractivity contribution is 5.97. The highest BCUT2D eigenvalue weighted by Gasteiger charge is 2.02. The molecule has 1 aromatic heterocycles. The second-order valence-corrected chi connectivity index (χ2v) is 4.57. The molecule has 5 nitrogen and oxygen atoms in total. The zero-order valence-corrected chi connectivity index (χ0v) is 12.2. The van der Waals surface area contributed by atoms with Crippen LogP contribution in [-0.4, -0.2) is 21.9 Å². The van der Waals surface area contributed by atoms with Crippen molar-refractivity contribution in [3.63, 3.8) is 0 Å². The van der Waals surface area contributed by atoms with Gasteiger partial charge >= 0.3 is 0 Å². The molecule has 1 N–H and O–H groups in total. The number of rotatable bonds is 5. The topological polar surface area (TPSA) is 59.3 Å². The minimum atomic E-state index is -0.224. The van der Waals surface area contributed by atoms with Gasteiger partial charge in [0.1, 0.15) is 0 Å². The van der Waals surface area contributed by atoms with E-state index in [-0.39, 0.29) is 5.91 Å². The summed E-state index contributed by atoms with van der Waals surface area (Å²) in [5.74, 6) is -0.224. The maximum atomic E-state index is 11.9. The van der Waals surface area contributed by atoms with E-state index in [9.17, 15) is 4.79 Å². The summed E-state index contributed by atoms with van der Waals surface area (Å²) < 4.78 is 1.80. The van der Waals surface area contributed by atoms with Crippen LogP contribution < -0.4 is 5.43 Å². The molecule has 1 amide bonds. The summed E-state index contributed by atoms with van der Waals surface area (Å²) in [6, 6.07) is 9.69. The third kappa shape index (κ3) is 4.42. The smallest absolute Gasteiger partial charge is 0.267 e. The number of carbonyl (C=O) groups is 1. The zero-order valence-electron chi connectivity index (χ0n) is 12.2. The average molecular weight is 282 g/mol. The van der Waals surface area contributed by atoms with Gasteiger partial charge in [0.05, 0.1) is 12.4 Å². The Morgan fingerprint density at radius 2 is 2.10 bits per heavy atom. The number of aromatic nitrogens is 2. The molecule has 0 aliphatic carbocycles. The monoisotopic (exact) mass is 282 g/mol. The molecular formula is C16H18N4O. The molecule has 0 spiro atoms. The van der Waals surface area contributed by atoms with Crippen molar-refractivity contribution in [1.82, 2.24) is 15.2 Å². The van der Waals surface area contributed by atoms with E-state index in [2.05, 4.69) is 15.6 Å². The molecule has 108 valence electrons. The summed E-state index contributed by atoms with van der Waals surface area (Å²) in [5, 5.41) is 8.06. The first-order valence-corrected chi connectivity index (χ1v) is 6.78. The van der Waals surface area contributed by atoms with Crippen LogP contribution in [0.2, 0.25) is 0 Å². The van der Waals surface area contributed by atoms with Crippen LogP contribution in [-0.2, 0) is 11.3 Å². The van der Waals surface area contributed by atoms with Crippen LogP contribution in [0.4, 0.5) is 0 Å². The van der Waals surface area contributed by atoms with Gasteiger partial charge in [0.2, 0.25) is 0 Å². The van der Waals surface area contributed by atoms with Gasteiger partial charge in [-0.3, -0.25) is 9.48 Å². The third-order valence-corrected chi connectivity index (χ3v) is 2.90. The fraction of sp³-hybridized carbons (Fsp3) is 0.188. The van der Waals surface area contributed by atoms with Crippen LogP contribution in [0.15, 0.2) is 53.4 Å². The number of hydrazone groups is 1. The van der Waals surface area contributed by atoms with Crippen LogP contribution in [0, 0.1) is 0 Å². The number of hydrogen-bond donors (Lipinski definition) is 1. The zero-order chi connectivity index (χ0) is 15.1. The Labute approximate surface area is 124 Å². The molecule has 0 saturated heterocycles. The van der Waals surface area contributed by atoms with Gasteiger partial charge in [0.25, 0.3) is 5.91 Å². The van der Waals surface area contributed by atoms with Crippen molar-refractivity contribution in [1.29, 1.82) is 0 Å². The van der Waals surface area contributed by atoms with E-state index in [1.54, 1.807) is 24.0 Å². The molecule has 5 heteroatoms. The molecule has 0 aliphatic rings. The normalized spacial score (nSPS) is 11.8. The maximum Gasteiger partial charge on any atom is 0.267 e. The molecule has 0 aliphatic heterocycles. The third-order valence-electron chi connectivity index (χ3n) is 2.90. The molecule has 0 radical (unpaired) electrons. The van der Waals surface area contributed by atoms with Crippen molar-refractivity contribution in [2.45, 2.75) is 20.4 Å². The van der Waals surface area contributed by atoms with Gasteiger partial charge in [0, 0.05) is 23.9 Å². The van der Waals surface area contributed by atoms with Crippen LogP contribution in [0.25, 0.3) is 6.08 Å². The Morgan fingerprint density at radius 3 is 2.76 bits per heavy atom. The van der Waals surface area contributed by atoms with Gasteiger partial charge in [-0.15, -0.1) is 0 Å². The van der Waals surface area contributed by atoms with Crippen molar-refractivity contribution >= 4 is 18.2 Å². The van der Waals surface area contributed by atoms with Gasteiger partial charge in [-0.05, 0) is 25.5 Å². The van der Waals surface area contributed by atoms with E-state index in [0.29, 0.717) is 5.57 Å². The molecule has 0 bridgehead atoms. The van der Waals surface area contributed by atoms with Gasteiger partial charge < -0.3 is 0 Å². The molecule has 0 atom stereocenters. The number of nitrogens with zero attached hydrogens (tertiary/aromatic N) is 3. The van der Waals surface area contributed by atoms with Gasteiger partial charge in [0.15, 0.2) is 0 Å². The molecule has 0 fully saturated rings. The first-order valence-electron chi connectivity index (χ1n) is 6.78. The van der Waals surface area contributed by atoms with E-state index in [1.807, 2.05) is 49.5 Å². The second-order valence-electron chi connectivity index (χ2n) is 4.57. The lowest BCUT2D eigenvalue weighted by molar-refractivity contribution is -0.117. The highest BCUT2D eigenvalue weighted by Crippen LogP contribution is 2.05. The molecule has 0 unspecified atom stereocenters. The number of nitrogens with one attached hydrogen (secondary N) is 1. The minimum absolute atomic E-state index is 0.224. The summed E-state index contributed by atoms with van der Waals surface area (Å²) >= 11 is 0. The summed E-state index contributed by atoms with van der Waals surface area (Å²) in [5.41, 5.74) is 4.94. The molecule has 0 saturated carbocycles. The highest BCUT2D eigenvalue weighted by atomic mass is 16.2. The lowest BCUT2D eigenvalue weighted by atomic mass is 10.1. The number of carbonyl (C=O) groups excluding carboxylic acids is 1. The first kappa shape index (κ1) is 14.7. The Morgan fingerprint density at radius 1 is 1.33 bits per heavy atom. The molecule has 2 aromatic rings. The van der Waals surface area contributed by atoms with E-state index in [0.717, 1.165) is 17.7 Å². The summed E-state index contributed by atoms with van der Waals surface area (Å²) in [4.78, 5) is 11.9.